The summed E-state index contributed by atoms with van der Waals surface area (Å²) in [6, 6.07) is 21.8. The number of nitrogens with zero attached hydrogens (tertiary/aromatic N) is 4. The standard InChI is InChI=1S/C24H14F2N4O2/c25-21(26)23-29-28-22(32-23)16-7-8-17-13-30(24(31)19(17)11-16)20-9-6-14(12-27)10-18(20)15-4-2-1-3-5-15/h1-11,21H,13H2. The molecule has 1 aliphatic heterocycles. The van der Waals surface area contributed by atoms with Crippen LogP contribution in [0.5, 0.6) is 0 Å². The second kappa shape index (κ2) is 7.71. The second-order valence-corrected chi connectivity index (χ2v) is 7.22. The Morgan fingerprint density at radius 1 is 0.969 bits per heavy atom. The maximum absolute atomic E-state index is 13.3. The van der Waals surface area contributed by atoms with Gasteiger partial charge in [0.25, 0.3) is 11.8 Å². The Hall–Kier alpha value is -4.38. The number of amides is 1. The molecular weight excluding hydrogens is 414 g/mol. The Kier molecular flexibility index (Phi) is 4.71. The van der Waals surface area contributed by atoms with Gasteiger partial charge in [0.2, 0.25) is 5.89 Å². The third kappa shape index (κ3) is 3.30. The first-order chi connectivity index (χ1) is 15.5. The van der Waals surface area contributed by atoms with Crippen LogP contribution in [0.1, 0.15) is 33.8 Å². The number of anilines is 1. The molecule has 1 aromatic heterocycles. The molecule has 2 heterocycles. The van der Waals surface area contributed by atoms with E-state index < -0.39 is 12.3 Å². The van der Waals surface area contributed by atoms with E-state index in [1.807, 2.05) is 30.3 Å². The van der Waals surface area contributed by atoms with Crippen molar-refractivity contribution in [2.75, 3.05) is 4.90 Å². The van der Waals surface area contributed by atoms with Crippen LogP contribution in [0.25, 0.3) is 22.6 Å². The van der Waals surface area contributed by atoms with Crippen LogP contribution in [-0.2, 0) is 6.54 Å². The summed E-state index contributed by atoms with van der Waals surface area (Å²) in [6.45, 7) is 0.340. The monoisotopic (exact) mass is 428 g/mol. The van der Waals surface area contributed by atoms with Gasteiger partial charge in [0, 0.05) is 16.7 Å². The van der Waals surface area contributed by atoms with Gasteiger partial charge in [-0.15, -0.1) is 10.2 Å². The van der Waals surface area contributed by atoms with Crippen molar-refractivity contribution in [2.45, 2.75) is 13.0 Å². The minimum absolute atomic E-state index is 0.0716. The number of hydrogen-bond donors (Lipinski definition) is 0. The van der Waals surface area contributed by atoms with Crippen molar-refractivity contribution in [1.82, 2.24) is 10.2 Å². The highest BCUT2D eigenvalue weighted by atomic mass is 19.3. The average Bonchev–Trinajstić information content (AvgIpc) is 3.45. The molecule has 0 atom stereocenters. The molecule has 0 saturated heterocycles. The van der Waals surface area contributed by atoms with Crippen molar-refractivity contribution in [3.05, 3.63) is 89.3 Å². The van der Waals surface area contributed by atoms with Gasteiger partial charge < -0.3 is 9.32 Å². The molecule has 0 radical (unpaired) electrons. The molecule has 0 spiro atoms. The highest BCUT2D eigenvalue weighted by molar-refractivity contribution is 6.12. The molecule has 3 aromatic carbocycles. The van der Waals surface area contributed by atoms with E-state index in [-0.39, 0.29) is 11.8 Å². The Labute approximate surface area is 181 Å². The molecule has 8 heteroatoms. The maximum Gasteiger partial charge on any atom is 0.314 e. The summed E-state index contributed by atoms with van der Waals surface area (Å²) in [5.41, 5.74) is 4.43. The zero-order valence-corrected chi connectivity index (χ0v) is 16.5. The van der Waals surface area contributed by atoms with E-state index in [0.717, 1.165) is 16.7 Å². The Balaban J connectivity index is 1.54. The molecule has 0 unspecified atom stereocenters. The zero-order chi connectivity index (χ0) is 22.2. The number of fused-ring (bicyclic) bond motifs is 1. The topological polar surface area (TPSA) is 83.0 Å². The number of rotatable bonds is 4. The van der Waals surface area contributed by atoms with E-state index >= 15 is 0 Å². The van der Waals surface area contributed by atoms with Gasteiger partial charge in [0.05, 0.1) is 23.9 Å². The number of carbonyl (C=O) groups is 1. The smallest absolute Gasteiger partial charge is 0.314 e. The van der Waals surface area contributed by atoms with Gasteiger partial charge >= 0.3 is 6.43 Å². The van der Waals surface area contributed by atoms with Crippen LogP contribution >= 0.6 is 0 Å². The van der Waals surface area contributed by atoms with E-state index in [0.29, 0.717) is 28.9 Å². The van der Waals surface area contributed by atoms with Crippen LogP contribution in [0, 0.1) is 11.3 Å². The lowest BCUT2D eigenvalue weighted by molar-refractivity contribution is 0.0996. The summed E-state index contributed by atoms with van der Waals surface area (Å²) in [4.78, 5) is 14.9. The van der Waals surface area contributed by atoms with Gasteiger partial charge in [-0.3, -0.25) is 4.79 Å². The second-order valence-electron chi connectivity index (χ2n) is 7.22. The minimum Gasteiger partial charge on any atom is -0.415 e. The Morgan fingerprint density at radius 3 is 2.50 bits per heavy atom. The molecule has 156 valence electrons. The summed E-state index contributed by atoms with van der Waals surface area (Å²) >= 11 is 0. The van der Waals surface area contributed by atoms with Crippen LogP contribution in [-0.4, -0.2) is 16.1 Å². The minimum atomic E-state index is -2.87. The predicted molar refractivity (Wildman–Crippen MR) is 112 cm³/mol. The zero-order valence-electron chi connectivity index (χ0n) is 16.5. The molecule has 0 bridgehead atoms. The number of carbonyl (C=O) groups excluding carboxylic acids is 1. The van der Waals surface area contributed by atoms with Crippen LogP contribution in [0.2, 0.25) is 0 Å². The van der Waals surface area contributed by atoms with Crippen molar-refractivity contribution < 1.29 is 18.0 Å². The van der Waals surface area contributed by atoms with E-state index in [1.165, 1.54) is 0 Å². The van der Waals surface area contributed by atoms with Crippen molar-refractivity contribution in [1.29, 1.82) is 5.26 Å². The van der Waals surface area contributed by atoms with Crippen molar-refractivity contribution >= 4 is 11.6 Å². The number of alkyl halides is 2. The molecule has 1 amide bonds. The molecule has 5 rings (SSSR count). The average molecular weight is 428 g/mol. The van der Waals surface area contributed by atoms with Gasteiger partial charge in [0.15, 0.2) is 0 Å². The number of hydrogen-bond acceptors (Lipinski definition) is 5. The van der Waals surface area contributed by atoms with Crippen LogP contribution in [0.3, 0.4) is 0 Å². The third-order valence-electron chi connectivity index (χ3n) is 5.29. The quantitative estimate of drug-likeness (QED) is 0.436. The first kappa shape index (κ1) is 19.6. The van der Waals surface area contributed by atoms with Gasteiger partial charge in [0.1, 0.15) is 0 Å². The Bertz CT molecular complexity index is 1380. The predicted octanol–water partition coefficient (Wildman–Crippen LogP) is 5.37. The van der Waals surface area contributed by atoms with Gasteiger partial charge in [-0.25, -0.2) is 0 Å². The lowest BCUT2D eigenvalue weighted by atomic mass is 10.0. The van der Waals surface area contributed by atoms with Gasteiger partial charge in [-0.2, -0.15) is 14.0 Å². The van der Waals surface area contributed by atoms with Crippen LogP contribution < -0.4 is 4.90 Å². The summed E-state index contributed by atoms with van der Waals surface area (Å²) in [5.74, 6) is -1.08. The van der Waals surface area contributed by atoms with Gasteiger partial charge in [-0.1, -0.05) is 36.4 Å². The maximum atomic E-state index is 13.3. The highest BCUT2D eigenvalue weighted by Gasteiger charge is 2.31. The summed E-state index contributed by atoms with van der Waals surface area (Å²) in [5, 5.41) is 16.3. The summed E-state index contributed by atoms with van der Waals surface area (Å²) in [6.07, 6.45) is -2.87. The molecule has 0 fully saturated rings. The SMILES string of the molecule is N#Cc1ccc(N2Cc3ccc(-c4nnc(C(F)F)o4)cc3C2=O)c(-c2ccccc2)c1. The fourth-order valence-corrected chi connectivity index (χ4v) is 3.76. The number of halogens is 2. The number of benzene rings is 3. The normalized spacial score (nSPS) is 12.8. The van der Waals surface area contributed by atoms with E-state index in [1.54, 1.807) is 41.3 Å². The Morgan fingerprint density at radius 2 is 1.78 bits per heavy atom. The molecule has 0 saturated carbocycles. The summed E-state index contributed by atoms with van der Waals surface area (Å²) in [7, 11) is 0. The van der Waals surface area contributed by atoms with Crippen molar-refractivity contribution in [3.8, 4) is 28.7 Å². The summed E-state index contributed by atoms with van der Waals surface area (Å²) < 4.78 is 30.6. The van der Waals surface area contributed by atoms with Crippen LogP contribution in [0.15, 0.2) is 71.1 Å². The largest absolute Gasteiger partial charge is 0.415 e. The van der Waals surface area contributed by atoms with Crippen molar-refractivity contribution in [3.63, 3.8) is 0 Å². The molecule has 32 heavy (non-hydrogen) atoms. The first-order valence-electron chi connectivity index (χ1n) is 9.71. The molecule has 0 aliphatic carbocycles. The van der Waals surface area contributed by atoms with E-state index in [4.69, 9.17) is 4.42 Å². The lowest BCUT2D eigenvalue weighted by Gasteiger charge is -2.20. The third-order valence-corrected chi connectivity index (χ3v) is 5.29. The molecule has 1 aliphatic rings. The molecule has 4 aromatic rings. The number of aromatic nitrogens is 2. The molecule has 0 N–H and O–H groups in total. The fourth-order valence-electron chi connectivity index (χ4n) is 3.76. The van der Waals surface area contributed by atoms with E-state index in [2.05, 4.69) is 16.3 Å². The first-order valence-corrected chi connectivity index (χ1v) is 9.71. The molecular formula is C24H14F2N4O2. The highest BCUT2D eigenvalue weighted by Crippen LogP contribution is 2.37. The van der Waals surface area contributed by atoms with Crippen LogP contribution in [0.4, 0.5) is 14.5 Å². The van der Waals surface area contributed by atoms with Crippen molar-refractivity contribution in [2.24, 2.45) is 0 Å². The molecule has 6 nitrogen and oxygen atoms in total. The number of nitriles is 1. The van der Waals surface area contributed by atoms with Gasteiger partial charge in [-0.05, 0) is 41.5 Å². The lowest BCUT2D eigenvalue weighted by Crippen LogP contribution is -2.23. The van der Waals surface area contributed by atoms with E-state index in [9.17, 15) is 18.8 Å². The fraction of sp³-hybridized carbons (Fsp3) is 0.0833.